The molecule has 2 heterocycles. The van der Waals surface area contributed by atoms with E-state index in [0.29, 0.717) is 5.02 Å². The standard InChI is InChI=1S/C14H13ClN2O2S/c1-9-11-5-7-20-14(11)4-6-16(9)13-3-2-10(17(18)19)8-12(13)15/h2-3,5,7-9H,4,6H2,1H3. The molecule has 104 valence electrons. The third kappa shape index (κ3) is 2.17. The third-order valence-electron chi connectivity index (χ3n) is 3.73. The number of hydrogen-bond donors (Lipinski definition) is 0. The number of nitrogens with zero attached hydrogens (tertiary/aromatic N) is 2. The molecule has 1 aliphatic rings. The Kier molecular flexibility index (Phi) is 3.40. The molecule has 1 aliphatic heterocycles. The van der Waals surface area contributed by atoms with Crippen LogP contribution in [0.2, 0.25) is 5.02 Å². The van der Waals surface area contributed by atoms with E-state index < -0.39 is 4.92 Å². The fraction of sp³-hybridized carbons (Fsp3) is 0.286. The van der Waals surface area contributed by atoms with Crippen LogP contribution >= 0.6 is 22.9 Å². The molecule has 0 saturated carbocycles. The van der Waals surface area contributed by atoms with Gasteiger partial charge in [0.25, 0.3) is 5.69 Å². The summed E-state index contributed by atoms with van der Waals surface area (Å²) in [6.07, 6.45) is 0.991. The molecule has 0 aliphatic carbocycles. The Morgan fingerprint density at radius 2 is 2.25 bits per heavy atom. The molecular weight excluding hydrogens is 296 g/mol. The Labute approximate surface area is 125 Å². The molecule has 0 amide bonds. The van der Waals surface area contributed by atoms with Gasteiger partial charge in [0.05, 0.1) is 21.7 Å². The second-order valence-corrected chi connectivity index (χ2v) is 6.22. The fourth-order valence-electron chi connectivity index (χ4n) is 2.68. The Morgan fingerprint density at radius 3 is 2.95 bits per heavy atom. The van der Waals surface area contributed by atoms with Gasteiger partial charge in [-0.1, -0.05) is 11.6 Å². The minimum Gasteiger partial charge on any atom is -0.363 e. The van der Waals surface area contributed by atoms with E-state index in [0.717, 1.165) is 18.7 Å². The van der Waals surface area contributed by atoms with Gasteiger partial charge in [-0.15, -0.1) is 11.3 Å². The molecule has 3 rings (SSSR count). The zero-order valence-electron chi connectivity index (χ0n) is 10.9. The van der Waals surface area contributed by atoms with Crippen molar-refractivity contribution in [3.8, 4) is 0 Å². The molecule has 0 spiro atoms. The van der Waals surface area contributed by atoms with Crippen molar-refractivity contribution in [2.45, 2.75) is 19.4 Å². The summed E-state index contributed by atoms with van der Waals surface area (Å²) in [5, 5.41) is 13.3. The van der Waals surface area contributed by atoms with E-state index in [4.69, 9.17) is 11.6 Å². The van der Waals surface area contributed by atoms with E-state index in [1.54, 1.807) is 17.4 Å². The van der Waals surface area contributed by atoms with E-state index in [1.165, 1.54) is 22.6 Å². The Balaban J connectivity index is 1.96. The number of fused-ring (bicyclic) bond motifs is 1. The van der Waals surface area contributed by atoms with Crippen molar-refractivity contribution >= 4 is 34.3 Å². The minimum absolute atomic E-state index is 0.0274. The van der Waals surface area contributed by atoms with Crippen LogP contribution in [-0.4, -0.2) is 11.5 Å². The van der Waals surface area contributed by atoms with Crippen molar-refractivity contribution in [2.75, 3.05) is 11.4 Å². The van der Waals surface area contributed by atoms with Gasteiger partial charge in [-0.25, -0.2) is 0 Å². The van der Waals surface area contributed by atoms with Gasteiger partial charge in [0, 0.05) is 23.6 Å². The SMILES string of the molecule is CC1c2ccsc2CCN1c1ccc([N+](=O)[O-])cc1Cl. The van der Waals surface area contributed by atoms with Crippen LogP contribution in [0.4, 0.5) is 11.4 Å². The van der Waals surface area contributed by atoms with Gasteiger partial charge in [-0.05, 0) is 36.4 Å². The van der Waals surface area contributed by atoms with Crippen LogP contribution in [-0.2, 0) is 6.42 Å². The molecule has 0 saturated heterocycles. The third-order valence-corrected chi connectivity index (χ3v) is 5.03. The van der Waals surface area contributed by atoms with Gasteiger partial charge in [0.15, 0.2) is 0 Å². The maximum Gasteiger partial charge on any atom is 0.271 e. The van der Waals surface area contributed by atoms with Crippen LogP contribution in [0.25, 0.3) is 0 Å². The van der Waals surface area contributed by atoms with E-state index >= 15 is 0 Å². The quantitative estimate of drug-likeness (QED) is 0.609. The number of non-ortho nitro benzene ring substituents is 1. The van der Waals surface area contributed by atoms with Gasteiger partial charge < -0.3 is 4.90 Å². The molecule has 4 nitrogen and oxygen atoms in total. The lowest BCUT2D eigenvalue weighted by atomic mass is 10.0. The fourth-order valence-corrected chi connectivity index (χ4v) is 3.93. The first-order valence-corrected chi connectivity index (χ1v) is 7.60. The van der Waals surface area contributed by atoms with Crippen molar-refractivity contribution in [2.24, 2.45) is 0 Å². The highest BCUT2D eigenvalue weighted by Crippen LogP contribution is 2.39. The van der Waals surface area contributed by atoms with Gasteiger partial charge in [0.2, 0.25) is 0 Å². The van der Waals surface area contributed by atoms with Gasteiger partial charge in [-0.2, -0.15) is 0 Å². The van der Waals surface area contributed by atoms with Crippen LogP contribution in [0.15, 0.2) is 29.6 Å². The molecule has 6 heteroatoms. The molecule has 20 heavy (non-hydrogen) atoms. The Hall–Kier alpha value is -1.59. The topological polar surface area (TPSA) is 46.4 Å². The number of benzene rings is 1. The molecule has 1 aromatic heterocycles. The second kappa shape index (κ2) is 5.07. The average Bonchev–Trinajstić information content (AvgIpc) is 2.89. The number of halogens is 1. The monoisotopic (exact) mass is 308 g/mol. The van der Waals surface area contributed by atoms with Crippen LogP contribution in [0.1, 0.15) is 23.4 Å². The predicted molar refractivity (Wildman–Crippen MR) is 81.9 cm³/mol. The van der Waals surface area contributed by atoms with Gasteiger partial charge in [-0.3, -0.25) is 10.1 Å². The highest BCUT2D eigenvalue weighted by atomic mass is 35.5. The first-order valence-electron chi connectivity index (χ1n) is 6.35. The molecule has 0 bridgehead atoms. The van der Waals surface area contributed by atoms with Crippen molar-refractivity contribution in [3.63, 3.8) is 0 Å². The summed E-state index contributed by atoms with van der Waals surface area (Å²) >= 11 is 8.02. The first-order chi connectivity index (χ1) is 9.58. The molecule has 2 aromatic rings. The summed E-state index contributed by atoms with van der Waals surface area (Å²) in [6.45, 7) is 3.02. The van der Waals surface area contributed by atoms with E-state index in [-0.39, 0.29) is 11.7 Å². The molecule has 0 N–H and O–H groups in total. The first kappa shape index (κ1) is 13.4. The molecule has 1 unspecified atom stereocenters. The summed E-state index contributed by atoms with van der Waals surface area (Å²) < 4.78 is 0. The highest BCUT2D eigenvalue weighted by molar-refractivity contribution is 7.10. The maximum absolute atomic E-state index is 10.8. The average molecular weight is 309 g/mol. The number of anilines is 1. The van der Waals surface area contributed by atoms with Crippen molar-refractivity contribution in [1.82, 2.24) is 0 Å². The Morgan fingerprint density at radius 1 is 1.45 bits per heavy atom. The summed E-state index contributed by atoms with van der Waals surface area (Å²) in [7, 11) is 0. The lowest BCUT2D eigenvalue weighted by Gasteiger charge is -2.36. The summed E-state index contributed by atoms with van der Waals surface area (Å²) in [5.41, 5.74) is 2.22. The predicted octanol–water partition coefficient (Wildman–Crippen LogP) is 4.43. The zero-order chi connectivity index (χ0) is 14.3. The normalized spacial score (nSPS) is 17.9. The molecule has 0 fully saturated rings. The van der Waals surface area contributed by atoms with E-state index in [1.807, 2.05) is 0 Å². The maximum atomic E-state index is 10.8. The summed E-state index contributed by atoms with van der Waals surface area (Å²) in [4.78, 5) is 14.0. The van der Waals surface area contributed by atoms with Crippen LogP contribution < -0.4 is 4.90 Å². The second-order valence-electron chi connectivity index (χ2n) is 4.81. The van der Waals surface area contributed by atoms with E-state index in [9.17, 15) is 10.1 Å². The Bertz CT molecular complexity index is 671. The lowest BCUT2D eigenvalue weighted by molar-refractivity contribution is -0.384. The van der Waals surface area contributed by atoms with Crippen LogP contribution in [0.5, 0.6) is 0 Å². The summed E-state index contributed by atoms with van der Waals surface area (Å²) in [6, 6.07) is 7.07. The van der Waals surface area contributed by atoms with Crippen LogP contribution in [0, 0.1) is 10.1 Å². The summed E-state index contributed by atoms with van der Waals surface area (Å²) in [5.74, 6) is 0. The molecule has 1 atom stereocenters. The number of rotatable bonds is 2. The van der Waals surface area contributed by atoms with Gasteiger partial charge in [0.1, 0.15) is 0 Å². The van der Waals surface area contributed by atoms with Crippen molar-refractivity contribution < 1.29 is 4.92 Å². The van der Waals surface area contributed by atoms with E-state index in [2.05, 4.69) is 23.3 Å². The largest absolute Gasteiger partial charge is 0.363 e. The lowest BCUT2D eigenvalue weighted by Crippen LogP contribution is -2.33. The number of hydrogen-bond acceptors (Lipinski definition) is 4. The van der Waals surface area contributed by atoms with Crippen molar-refractivity contribution in [3.05, 3.63) is 55.2 Å². The number of nitro benzene ring substituents is 1. The smallest absolute Gasteiger partial charge is 0.271 e. The van der Waals surface area contributed by atoms with Gasteiger partial charge >= 0.3 is 0 Å². The number of thiophene rings is 1. The number of nitro groups is 1. The molecular formula is C14H13ClN2O2S. The molecule has 1 aromatic carbocycles. The van der Waals surface area contributed by atoms with Crippen molar-refractivity contribution in [1.29, 1.82) is 0 Å². The minimum atomic E-state index is -0.424. The molecule has 0 radical (unpaired) electrons. The van der Waals surface area contributed by atoms with Crippen LogP contribution in [0.3, 0.4) is 0 Å². The highest BCUT2D eigenvalue weighted by Gasteiger charge is 2.26. The zero-order valence-corrected chi connectivity index (χ0v) is 12.4.